The number of anilines is 1. The van der Waals surface area contributed by atoms with Crippen LogP contribution in [0, 0.1) is 10.1 Å². The first kappa shape index (κ1) is 20.2. The number of amides is 2. The monoisotopic (exact) mass is 415 g/mol. The molecule has 0 bridgehead atoms. The molecular weight excluding hydrogens is 398 g/mol. The van der Waals surface area contributed by atoms with E-state index in [0.717, 1.165) is 35.8 Å². The van der Waals surface area contributed by atoms with Gasteiger partial charge in [-0.3, -0.25) is 19.7 Å². The molecular formula is C19H17N3O6S. The molecule has 1 heterocycles. The SMILES string of the molecule is NC(=O)c1c(NC(=O)COC(=O)C=Cc2ccc([N+](=O)[O-])cc2)sc2c1CCC2. The summed E-state index contributed by atoms with van der Waals surface area (Å²) in [7, 11) is 0. The van der Waals surface area contributed by atoms with E-state index in [2.05, 4.69) is 5.32 Å². The lowest BCUT2D eigenvalue weighted by Crippen LogP contribution is -2.22. The van der Waals surface area contributed by atoms with Crippen LogP contribution in [-0.2, 0) is 27.2 Å². The Balaban J connectivity index is 1.54. The maximum absolute atomic E-state index is 12.1. The zero-order valence-electron chi connectivity index (χ0n) is 15.2. The fraction of sp³-hybridized carbons (Fsp3) is 0.211. The van der Waals surface area contributed by atoms with Crippen LogP contribution in [0.15, 0.2) is 30.3 Å². The molecule has 1 aromatic heterocycles. The highest BCUT2D eigenvalue weighted by molar-refractivity contribution is 7.17. The van der Waals surface area contributed by atoms with Crippen LogP contribution in [0.5, 0.6) is 0 Å². The van der Waals surface area contributed by atoms with E-state index in [-0.39, 0.29) is 5.69 Å². The van der Waals surface area contributed by atoms with Gasteiger partial charge in [-0.25, -0.2) is 4.79 Å². The van der Waals surface area contributed by atoms with E-state index in [9.17, 15) is 24.5 Å². The first-order chi connectivity index (χ1) is 13.8. The summed E-state index contributed by atoms with van der Waals surface area (Å²) in [5, 5.41) is 13.6. The molecule has 0 spiro atoms. The van der Waals surface area contributed by atoms with E-state index in [1.165, 1.54) is 41.7 Å². The van der Waals surface area contributed by atoms with E-state index in [0.29, 0.717) is 16.1 Å². The van der Waals surface area contributed by atoms with Gasteiger partial charge < -0.3 is 15.8 Å². The van der Waals surface area contributed by atoms with Gasteiger partial charge in [-0.1, -0.05) is 0 Å². The van der Waals surface area contributed by atoms with Gasteiger partial charge in [-0.2, -0.15) is 0 Å². The molecule has 9 nitrogen and oxygen atoms in total. The van der Waals surface area contributed by atoms with Gasteiger partial charge >= 0.3 is 5.97 Å². The molecule has 0 saturated carbocycles. The molecule has 0 atom stereocenters. The van der Waals surface area contributed by atoms with Crippen molar-refractivity contribution in [3.8, 4) is 0 Å². The Kier molecular flexibility index (Phi) is 6.03. The maximum Gasteiger partial charge on any atom is 0.331 e. The predicted octanol–water partition coefficient (Wildman–Crippen LogP) is 2.44. The highest BCUT2D eigenvalue weighted by atomic mass is 32.1. The molecule has 1 aliphatic rings. The lowest BCUT2D eigenvalue weighted by Gasteiger charge is -2.06. The molecule has 2 aromatic rings. The fourth-order valence-corrected chi connectivity index (χ4v) is 4.28. The van der Waals surface area contributed by atoms with Gasteiger partial charge in [0.1, 0.15) is 5.00 Å². The summed E-state index contributed by atoms with van der Waals surface area (Å²) < 4.78 is 4.88. The van der Waals surface area contributed by atoms with Crippen LogP contribution in [0.25, 0.3) is 6.08 Å². The average Bonchev–Trinajstić information content (AvgIpc) is 3.25. The van der Waals surface area contributed by atoms with Crippen LogP contribution >= 0.6 is 11.3 Å². The van der Waals surface area contributed by atoms with Crippen LogP contribution in [0.1, 0.15) is 32.8 Å². The topological polar surface area (TPSA) is 142 Å². The van der Waals surface area contributed by atoms with Gasteiger partial charge in [0.05, 0.1) is 10.5 Å². The number of nitro groups is 1. The number of nitrogens with zero attached hydrogens (tertiary/aromatic N) is 1. The summed E-state index contributed by atoms with van der Waals surface area (Å²) >= 11 is 1.32. The number of hydrogen-bond donors (Lipinski definition) is 2. The maximum atomic E-state index is 12.1. The largest absolute Gasteiger partial charge is 0.452 e. The van der Waals surface area contributed by atoms with Crippen molar-refractivity contribution in [2.24, 2.45) is 5.73 Å². The zero-order valence-corrected chi connectivity index (χ0v) is 16.0. The molecule has 29 heavy (non-hydrogen) atoms. The molecule has 1 aliphatic carbocycles. The Hall–Kier alpha value is -3.53. The summed E-state index contributed by atoms with van der Waals surface area (Å²) in [6.45, 7) is -0.524. The molecule has 3 rings (SSSR count). The number of nitrogens with one attached hydrogen (secondary N) is 1. The van der Waals surface area contributed by atoms with Crippen molar-refractivity contribution >= 4 is 45.9 Å². The number of non-ortho nitro benzene ring substituents is 1. The number of aryl methyl sites for hydroxylation is 1. The molecule has 2 amide bonds. The van der Waals surface area contributed by atoms with E-state index >= 15 is 0 Å². The highest BCUT2D eigenvalue weighted by Crippen LogP contribution is 2.38. The summed E-state index contributed by atoms with van der Waals surface area (Å²) in [5.41, 5.74) is 7.17. The number of hydrogen-bond acceptors (Lipinski definition) is 7. The number of thiophene rings is 1. The van der Waals surface area contributed by atoms with Crippen LogP contribution < -0.4 is 11.1 Å². The Morgan fingerprint density at radius 1 is 1.24 bits per heavy atom. The van der Waals surface area contributed by atoms with E-state index in [4.69, 9.17) is 10.5 Å². The first-order valence-corrected chi connectivity index (χ1v) is 9.50. The number of primary amides is 1. The summed E-state index contributed by atoms with van der Waals surface area (Å²) in [6.07, 6.45) is 5.08. The second-order valence-corrected chi connectivity index (χ2v) is 7.37. The van der Waals surface area contributed by atoms with Gasteiger partial charge in [0.15, 0.2) is 6.61 Å². The molecule has 0 radical (unpaired) electrons. The van der Waals surface area contributed by atoms with Gasteiger partial charge in [-0.15, -0.1) is 11.3 Å². The van der Waals surface area contributed by atoms with Gasteiger partial charge in [0.25, 0.3) is 17.5 Å². The van der Waals surface area contributed by atoms with Crippen molar-refractivity contribution < 1.29 is 24.0 Å². The van der Waals surface area contributed by atoms with Crippen molar-refractivity contribution in [3.63, 3.8) is 0 Å². The predicted molar refractivity (Wildman–Crippen MR) is 107 cm³/mol. The molecule has 3 N–H and O–H groups in total. The van der Waals surface area contributed by atoms with Gasteiger partial charge in [-0.05, 0) is 48.6 Å². The summed E-state index contributed by atoms with van der Waals surface area (Å²) in [4.78, 5) is 46.7. The van der Waals surface area contributed by atoms with Crippen molar-refractivity contribution in [1.29, 1.82) is 0 Å². The Bertz CT molecular complexity index is 1010. The number of ether oxygens (including phenoxy) is 1. The molecule has 150 valence electrons. The third kappa shape index (κ3) is 4.85. The smallest absolute Gasteiger partial charge is 0.331 e. The Morgan fingerprint density at radius 2 is 1.97 bits per heavy atom. The van der Waals surface area contributed by atoms with Crippen molar-refractivity contribution in [1.82, 2.24) is 0 Å². The minimum Gasteiger partial charge on any atom is -0.452 e. The number of esters is 1. The average molecular weight is 415 g/mol. The summed E-state index contributed by atoms with van der Waals surface area (Å²) in [6, 6.07) is 5.59. The fourth-order valence-electron chi connectivity index (χ4n) is 2.97. The number of nitrogens with two attached hydrogens (primary N) is 1. The number of fused-ring (bicyclic) bond motifs is 1. The van der Waals surface area contributed by atoms with E-state index < -0.39 is 29.3 Å². The van der Waals surface area contributed by atoms with Crippen LogP contribution in [0.4, 0.5) is 10.7 Å². The third-order valence-corrected chi connectivity index (χ3v) is 5.49. The molecule has 0 unspecified atom stereocenters. The molecule has 1 aromatic carbocycles. The minimum absolute atomic E-state index is 0.0590. The number of carbonyl (C=O) groups excluding carboxylic acids is 3. The Morgan fingerprint density at radius 3 is 2.62 bits per heavy atom. The second-order valence-electron chi connectivity index (χ2n) is 6.26. The molecule has 10 heteroatoms. The standard InChI is InChI=1S/C19H17N3O6S/c20-18(25)17-13-2-1-3-14(13)29-19(17)21-15(23)10-28-16(24)9-6-11-4-7-12(8-5-11)22(26)27/h4-9H,1-3,10H2,(H2,20,25)(H,21,23). The van der Waals surface area contributed by atoms with E-state index in [1.54, 1.807) is 0 Å². The lowest BCUT2D eigenvalue weighted by molar-refractivity contribution is -0.384. The number of carbonyl (C=O) groups is 3. The van der Waals surface area contributed by atoms with Crippen molar-refractivity contribution in [2.75, 3.05) is 11.9 Å². The number of benzene rings is 1. The van der Waals surface area contributed by atoms with Crippen LogP contribution in [-0.4, -0.2) is 29.3 Å². The van der Waals surface area contributed by atoms with E-state index in [1.807, 2.05) is 0 Å². The number of rotatable bonds is 7. The molecule has 0 saturated heterocycles. The minimum atomic E-state index is -0.748. The lowest BCUT2D eigenvalue weighted by atomic mass is 10.1. The second kappa shape index (κ2) is 8.65. The Labute approximate surface area is 169 Å². The normalized spacial score (nSPS) is 12.6. The van der Waals surface area contributed by atoms with Crippen LogP contribution in [0.2, 0.25) is 0 Å². The molecule has 0 aliphatic heterocycles. The first-order valence-electron chi connectivity index (χ1n) is 8.68. The van der Waals surface area contributed by atoms with Gasteiger partial charge in [0.2, 0.25) is 0 Å². The van der Waals surface area contributed by atoms with Crippen LogP contribution in [0.3, 0.4) is 0 Å². The molecule has 0 fully saturated rings. The quantitative estimate of drug-likeness (QED) is 0.308. The highest BCUT2D eigenvalue weighted by Gasteiger charge is 2.26. The summed E-state index contributed by atoms with van der Waals surface area (Å²) in [5.74, 6) is -1.92. The third-order valence-electron chi connectivity index (χ3n) is 4.28. The zero-order chi connectivity index (χ0) is 21.0. The van der Waals surface area contributed by atoms with Crippen molar-refractivity contribution in [3.05, 3.63) is 62.0 Å². The number of nitro benzene ring substituents is 1. The van der Waals surface area contributed by atoms with Crippen molar-refractivity contribution in [2.45, 2.75) is 19.3 Å². The van der Waals surface area contributed by atoms with Gasteiger partial charge in [0, 0.05) is 23.1 Å².